The summed E-state index contributed by atoms with van der Waals surface area (Å²) >= 11 is 5.46. The molecule has 3 N–H and O–H groups in total. The molecule has 2 amide bonds. The van der Waals surface area contributed by atoms with Gasteiger partial charge in [-0.1, -0.05) is 6.07 Å². The summed E-state index contributed by atoms with van der Waals surface area (Å²) in [6.45, 7) is 0.339. The predicted molar refractivity (Wildman–Crippen MR) is 81.3 cm³/mol. The van der Waals surface area contributed by atoms with Crippen LogP contribution in [0.1, 0.15) is 19.3 Å². The molecule has 0 saturated heterocycles. The van der Waals surface area contributed by atoms with Gasteiger partial charge in [-0.25, -0.2) is 4.79 Å². The minimum atomic E-state index is -0.957. The van der Waals surface area contributed by atoms with Gasteiger partial charge in [0.1, 0.15) is 5.75 Å². The number of halogens is 1. The maximum atomic E-state index is 11.5. The summed E-state index contributed by atoms with van der Waals surface area (Å²) in [4.78, 5) is 33.4. The van der Waals surface area contributed by atoms with Crippen LogP contribution in [0.25, 0.3) is 0 Å². The molecule has 0 spiro atoms. The van der Waals surface area contributed by atoms with Crippen LogP contribution in [0.4, 0.5) is 10.5 Å². The maximum Gasteiger partial charge on any atom is 0.319 e. The molecule has 0 aromatic heterocycles. The molecule has 0 radical (unpaired) electrons. The highest BCUT2D eigenvalue weighted by atomic mass is 35.5. The van der Waals surface area contributed by atoms with Gasteiger partial charge < -0.3 is 20.5 Å². The van der Waals surface area contributed by atoms with E-state index >= 15 is 0 Å². The standard InChI is InChI=1S/C14H17ClN2O5/c15-7-8-16-14(21)17-10-3-1-4-11(9-10)22-13(20)6-2-5-12(18)19/h1,3-4,9H,2,5-8H2,(H,18,19)(H2,16,17,21). The minimum Gasteiger partial charge on any atom is -0.481 e. The fraction of sp³-hybridized carbons (Fsp3) is 0.357. The van der Waals surface area contributed by atoms with Crippen LogP contribution in [0.2, 0.25) is 0 Å². The Morgan fingerprint density at radius 2 is 2.00 bits per heavy atom. The van der Waals surface area contributed by atoms with Crippen molar-refractivity contribution in [1.82, 2.24) is 5.32 Å². The normalized spacial score (nSPS) is 9.86. The summed E-state index contributed by atoms with van der Waals surface area (Å²) in [6, 6.07) is 5.91. The number of carbonyl (C=O) groups is 3. The van der Waals surface area contributed by atoms with Gasteiger partial charge >= 0.3 is 18.0 Å². The third kappa shape index (κ3) is 7.49. The van der Waals surface area contributed by atoms with Crippen molar-refractivity contribution < 1.29 is 24.2 Å². The third-order valence-corrected chi connectivity index (χ3v) is 2.66. The lowest BCUT2D eigenvalue weighted by Gasteiger charge is -2.08. The summed E-state index contributed by atoms with van der Waals surface area (Å²) < 4.78 is 5.07. The van der Waals surface area contributed by atoms with E-state index in [0.717, 1.165) is 0 Å². The van der Waals surface area contributed by atoms with E-state index in [9.17, 15) is 14.4 Å². The Balaban J connectivity index is 2.48. The molecule has 7 nitrogen and oxygen atoms in total. The highest BCUT2D eigenvalue weighted by Gasteiger charge is 2.08. The zero-order valence-electron chi connectivity index (χ0n) is 11.8. The fourth-order valence-corrected chi connectivity index (χ4v) is 1.63. The highest BCUT2D eigenvalue weighted by Crippen LogP contribution is 2.18. The Bertz CT molecular complexity index is 536. The predicted octanol–water partition coefficient (Wildman–Crippen LogP) is 2.21. The molecule has 1 aromatic rings. The number of aliphatic carboxylic acids is 1. The number of carbonyl (C=O) groups excluding carboxylic acids is 2. The zero-order chi connectivity index (χ0) is 16.4. The molecule has 0 aliphatic heterocycles. The van der Waals surface area contributed by atoms with Crippen molar-refractivity contribution in [3.63, 3.8) is 0 Å². The molecule has 0 heterocycles. The molecule has 0 unspecified atom stereocenters. The number of nitrogens with one attached hydrogen (secondary N) is 2. The fourth-order valence-electron chi connectivity index (χ4n) is 1.54. The molecule has 120 valence electrons. The van der Waals surface area contributed by atoms with Crippen molar-refractivity contribution in [2.45, 2.75) is 19.3 Å². The SMILES string of the molecule is O=C(O)CCCC(=O)Oc1cccc(NC(=O)NCCCl)c1. The molecular weight excluding hydrogens is 312 g/mol. The van der Waals surface area contributed by atoms with Gasteiger partial charge in [-0.05, 0) is 18.6 Å². The summed E-state index contributed by atoms with van der Waals surface area (Å²) in [6.07, 6.45) is 0.143. The molecule has 1 rings (SSSR count). The summed E-state index contributed by atoms with van der Waals surface area (Å²) in [5.41, 5.74) is 0.461. The molecule has 22 heavy (non-hydrogen) atoms. The first-order valence-electron chi connectivity index (χ1n) is 6.64. The van der Waals surface area contributed by atoms with Crippen LogP contribution < -0.4 is 15.4 Å². The molecule has 0 fully saturated rings. The number of amides is 2. The van der Waals surface area contributed by atoms with Gasteiger partial charge in [0, 0.05) is 37.0 Å². The third-order valence-electron chi connectivity index (χ3n) is 2.48. The van der Waals surface area contributed by atoms with Crippen LogP contribution >= 0.6 is 11.6 Å². The zero-order valence-corrected chi connectivity index (χ0v) is 12.6. The van der Waals surface area contributed by atoms with Gasteiger partial charge in [-0.15, -0.1) is 11.6 Å². The average molecular weight is 329 g/mol. The first-order chi connectivity index (χ1) is 10.5. The van der Waals surface area contributed by atoms with Crippen molar-refractivity contribution in [2.75, 3.05) is 17.7 Å². The van der Waals surface area contributed by atoms with Crippen molar-refractivity contribution in [3.05, 3.63) is 24.3 Å². The lowest BCUT2D eigenvalue weighted by molar-refractivity contribution is -0.137. The number of rotatable bonds is 8. The molecule has 1 aromatic carbocycles. The Labute approximate surface area is 132 Å². The highest BCUT2D eigenvalue weighted by molar-refractivity contribution is 6.18. The first kappa shape index (κ1) is 17.8. The van der Waals surface area contributed by atoms with E-state index in [0.29, 0.717) is 18.1 Å². The Hall–Kier alpha value is -2.28. The second-order valence-electron chi connectivity index (χ2n) is 4.32. The van der Waals surface area contributed by atoms with E-state index in [4.69, 9.17) is 21.4 Å². The number of carboxylic acids is 1. The Kier molecular flexibility index (Phi) is 7.77. The molecule has 0 aliphatic carbocycles. The Morgan fingerprint density at radius 3 is 2.68 bits per heavy atom. The molecule has 8 heteroatoms. The second kappa shape index (κ2) is 9.62. The lowest BCUT2D eigenvalue weighted by atomic mass is 10.2. The molecular formula is C14H17ClN2O5. The van der Waals surface area contributed by atoms with Gasteiger partial charge in [0.25, 0.3) is 0 Å². The van der Waals surface area contributed by atoms with E-state index in [1.807, 2.05) is 0 Å². The molecule has 0 bridgehead atoms. The van der Waals surface area contributed by atoms with Gasteiger partial charge in [0.05, 0.1) is 0 Å². The number of carboxylic acid groups (broad SMARTS) is 1. The molecule has 0 atom stereocenters. The quantitative estimate of drug-likeness (QED) is 0.385. The summed E-state index contributed by atoms with van der Waals surface area (Å²) in [7, 11) is 0. The maximum absolute atomic E-state index is 11.5. The number of hydrogen-bond acceptors (Lipinski definition) is 4. The van der Waals surface area contributed by atoms with Crippen LogP contribution in [-0.2, 0) is 9.59 Å². The first-order valence-corrected chi connectivity index (χ1v) is 7.18. The second-order valence-corrected chi connectivity index (χ2v) is 4.70. The van der Waals surface area contributed by atoms with E-state index in [2.05, 4.69) is 10.6 Å². The van der Waals surface area contributed by atoms with Crippen LogP contribution in [0.3, 0.4) is 0 Å². The van der Waals surface area contributed by atoms with Crippen LogP contribution in [0.5, 0.6) is 5.75 Å². The van der Waals surface area contributed by atoms with Crippen molar-refractivity contribution in [2.24, 2.45) is 0 Å². The number of urea groups is 1. The number of benzene rings is 1. The Morgan fingerprint density at radius 1 is 1.23 bits per heavy atom. The van der Waals surface area contributed by atoms with Gasteiger partial charge in [-0.3, -0.25) is 9.59 Å². The molecule has 0 saturated carbocycles. The average Bonchev–Trinajstić information content (AvgIpc) is 2.45. The number of esters is 1. The largest absolute Gasteiger partial charge is 0.481 e. The lowest BCUT2D eigenvalue weighted by Crippen LogP contribution is -2.30. The summed E-state index contributed by atoms with van der Waals surface area (Å²) in [5, 5.41) is 13.6. The van der Waals surface area contributed by atoms with E-state index < -0.39 is 18.0 Å². The van der Waals surface area contributed by atoms with Gasteiger partial charge in [-0.2, -0.15) is 0 Å². The van der Waals surface area contributed by atoms with E-state index in [1.165, 1.54) is 6.07 Å². The number of ether oxygens (including phenoxy) is 1. The monoisotopic (exact) mass is 328 g/mol. The van der Waals surface area contributed by atoms with Crippen LogP contribution in [0, 0.1) is 0 Å². The van der Waals surface area contributed by atoms with E-state index in [-0.39, 0.29) is 25.0 Å². The minimum absolute atomic E-state index is 0.0141. The van der Waals surface area contributed by atoms with Crippen molar-refractivity contribution >= 4 is 35.3 Å². The number of hydrogen-bond donors (Lipinski definition) is 3. The number of alkyl halides is 1. The smallest absolute Gasteiger partial charge is 0.319 e. The van der Waals surface area contributed by atoms with Gasteiger partial charge in [0.2, 0.25) is 0 Å². The van der Waals surface area contributed by atoms with Crippen LogP contribution in [0.15, 0.2) is 24.3 Å². The molecule has 0 aliphatic rings. The van der Waals surface area contributed by atoms with Gasteiger partial charge in [0.15, 0.2) is 0 Å². The number of anilines is 1. The van der Waals surface area contributed by atoms with E-state index in [1.54, 1.807) is 18.2 Å². The summed E-state index contributed by atoms with van der Waals surface area (Å²) in [5.74, 6) is -0.899. The topological polar surface area (TPSA) is 105 Å². The van der Waals surface area contributed by atoms with Crippen molar-refractivity contribution in [1.29, 1.82) is 0 Å². The van der Waals surface area contributed by atoms with Crippen molar-refractivity contribution in [3.8, 4) is 5.75 Å². The van der Waals surface area contributed by atoms with Crippen LogP contribution in [-0.4, -0.2) is 35.5 Å².